The third-order valence-electron chi connectivity index (χ3n) is 5.39. The molecule has 1 saturated heterocycles. The van der Waals surface area contributed by atoms with Crippen molar-refractivity contribution in [2.45, 2.75) is 83.2 Å². The van der Waals surface area contributed by atoms with Gasteiger partial charge in [-0.1, -0.05) is 32.6 Å². The molecular weight excluding hydrogens is 290 g/mol. The summed E-state index contributed by atoms with van der Waals surface area (Å²) in [5, 5.41) is 3.22. The van der Waals surface area contributed by atoms with Gasteiger partial charge in [-0.3, -0.25) is 14.5 Å². The fourth-order valence-corrected chi connectivity index (χ4v) is 4.18. The molecule has 2 aliphatic rings. The molecule has 0 radical (unpaired) electrons. The Morgan fingerprint density at radius 1 is 1.13 bits per heavy atom. The Morgan fingerprint density at radius 3 is 2.52 bits per heavy atom. The number of nitrogens with zero attached hydrogens (tertiary/aromatic N) is 1. The van der Waals surface area contributed by atoms with Gasteiger partial charge in [-0.15, -0.1) is 0 Å². The summed E-state index contributed by atoms with van der Waals surface area (Å²) in [5.41, 5.74) is 5.13. The Hall–Kier alpha value is -1.10. The summed E-state index contributed by atoms with van der Waals surface area (Å²) < 4.78 is 0. The average Bonchev–Trinajstić information content (AvgIpc) is 2.91. The van der Waals surface area contributed by atoms with Crippen molar-refractivity contribution in [3.8, 4) is 0 Å². The molecule has 5 nitrogen and oxygen atoms in total. The summed E-state index contributed by atoms with van der Waals surface area (Å²) in [6.07, 6.45) is 10.3. The molecule has 0 aromatic heterocycles. The van der Waals surface area contributed by atoms with Gasteiger partial charge in [0.05, 0.1) is 0 Å². The van der Waals surface area contributed by atoms with Gasteiger partial charge in [0.1, 0.15) is 0 Å². The van der Waals surface area contributed by atoms with Crippen LogP contribution >= 0.6 is 0 Å². The van der Waals surface area contributed by atoms with Gasteiger partial charge in [-0.2, -0.15) is 0 Å². The number of primary amides is 1. The van der Waals surface area contributed by atoms with E-state index in [0.717, 1.165) is 25.6 Å². The highest BCUT2D eigenvalue weighted by Crippen LogP contribution is 2.29. The van der Waals surface area contributed by atoms with Crippen LogP contribution in [0.2, 0.25) is 0 Å². The van der Waals surface area contributed by atoms with E-state index in [1.165, 1.54) is 38.5 Å². The van der Waals surface area contributed by atoms with Crippen molar-refractivity contribution in [3.63, 3.8) is 0 Å². The van der Waals surface area contributed by atoms with Crippen molar-refractivity contribution in [2.75, 3.05) is 13.1 Å². The molecule has 132 valence electrons. The van der Waals surface area contributed by atoms with Gasteiger partial charge in [0, 0.05) is 38.0 Å². The van der Waals surface area contributed by atoms with Crippen LogP contribution in [-0.2, 0) is 9.59 Å². The van der Waals surface area contributed by atoms with Crippen molar-refractivity contribution in [1.29, 1.82) is 0 Å². The van der Waals surface area contributed by atoms with Gasteiger partial charge in [-0.05, 0) is 31.6 Å². The Kier molecular flexibility index (Phi) is 7.34. The number of hydrogen-bond acceptors (Lipinski definition) is 3. The van der Waals surface area contributed by atoms with E-state index >= 15 is 0 Å². The first kappa shape index (κ1) is 18.2. The molecule has 0 unspecified atom stereocenters. The summed E-state index contributed by atoms with van der Waals surface area (Å²) in [4.78, 5) is 25.5. The molecule has 1 aliphatic carbocycles. The van der Waals surface area contributed by atoms with Crippen molar-refractivity contribution < 1.29 is 9.59 Å². The number of amides is 2. The van der Waals surface area contributed by atoms with Crippen LogP contribution in [0, 0.1) is 5.92 Å². The van der Waals surface area contributed by atoms with E-state index < -0.39 is 0 Å². The molecule has 1 heterocycles. The number of hydrogen-bond donors (Lipinski definition) is 2. The maximum atomic E-state index is 12.1. The van der Waals surface area contributed by atoms with Crippen molar-refractivity contribution in [1.82, 2.24) is 10.2 Å². The van der Waals surface area contributed by atoms with Gasteiger partial charge in [0.15, 0.2) is 0 Å². The highest BCUT2D eigenvalue weighted by molar-refractivity contribution is 5.78. The number of rotatable bonds is 8. The summed E-state index contributed by atoms with van der Waals surface area (Å²) in [5.74, 6) is 0.316. The average molecular weight is 323 g/mol. The molecule has 23 heavy (non-hydrogen) atoms. The second-order valence-electron chi connectivity index (χ2n) is 7.29. The van der Waals surface area contributed by atoms with Crippen LogP contribution in [0.4, 0.5) is 0 Å². The van der Waals surface area contributed by atoms with Crippen molar-refractivity contribution in [3.05, 3.63) is 0 Å². The first-order valence-corrected chi connectivity index (χ1v) is 9.42. The van der Waals surface area contributed by atoms with Gasteiger partial charge in [0.2, 0.25) is 11.8 Å². The number of likely N-dealkylation sites (tertiary alicyclic amines) is 1. The summed E-state index contributed by atoms with van der Waals surface area (Å²) >= 11 is 0. The third-order valence-corrected chi connectivity index (χ3v) is 5.39. The van der Waals surface area contributed by atoms with E-state index in [0.29, 0.717) is 25.2 Å². The minimum Gasteiger partial charge on any atom is -0.370 e. The lowest BCUT2D eigenvalue weighted by atomic mass is 9.94. The molecule has 2 atom stereocenters. The number of carbonyl (C=O) groups is 2. The molecule has 2 rings (SSSR count). The van der Waals surface area contributed by atoms with E-state index in [9.17, 15) is 9.59 Å². The van der Waals surface area contributed by atoms with E-state index in [-0.39, 0.29) is 17.9 Å². The van der Waals surface area contributed by atoms with E-state index in [2.05, 4.69) is 17.1 Å². The highest BCUT2D eigenvalue weighted by atomic mass is 16.2. The summed E-state index contributed by atoms with van der Waals surface area (Å²) in [6, 6.07) is 0.998. The number of carbonyl (C=O) groups excluding carboxylic acids is 2. The minimum atomic E-state index is -0.328. The van der Waals surface area contributed by atoms with Crippen LogP contribution in [0.3, 0.4) is 0 Å². The zero-order valence-corrected chi connectivity index (χ0v) is 14.6. The van der Waals surface area contributed by atoms with Crippen LogP contribution in [0.5, 0.6) is 0 Å². The molecule has 0 bridgehead atoms. The fraction of sp³-hybridized carbons (Fsp3) is 0.889. The van der Waals surface area contributed by atoms with E-state index in [1.807, 2.05) is 0 Å². The number of nitrogens with one attached hydrogen (secondary N) is 1. The molecule has 5 heteroatoms. The molecule has 2 amide bonds. The topological polar surface area (TPSA) is 75.4 Å². The van der Waals surface area contributed by atoms with Crippen LogP contribution in [0.25, 0.3) is 0 Å². The molecular formula is C18H33N3O2. The normalized spacial score (nSPS) is 26.3. The third kappa shape index (κ3) is 5.79. The molecule has 0 spiro atoms. The first-order valence-electron chi connectivity index (χ1n) is 9.42. The quantitative estimate of drug-likeness (QED) is 0.719. The molecule has 0 aromatic carbocycles. The predicted molar refractivity (Wildman–Crippen MR) is 91.8 cm³/mol. The van der Waals surface area contributed by atoms with Gasteiger partial charge >= 0.3 is 0 Å². The summed E-state index contributed by atoms with van der Waals surface area (Å²) in [7, 11) is 0. The molecule has 2 fully saturated rings. The molecule has 1 saturated carbocycles. The Labute approximate surface area is 140 Å². The van der Waals surface area contributed by atoms with Crippen LogP contribution in [-0.4, -0.2) is 41.9 Å². The monoisotopic (exact) mass is 323 g/mol. The Morgan fingerprint density at radius 2 is 1.87 bits per heavy atom. The molecule has 0 aromatic rings. The largest absolute Gasteiger partial charge is 0.370 e. The SMILES string of the molecule is CCC[C@@H]1CN(C2CCCCC2)C[C@H]1NC(=O)CCCC(N)=O. The smallest absolute Gasteiger partial charge is 0.220 e. The standard InChI is InChI=1S/C18H33N3O2/c1-2-7-14-12-21(15-8-4-3-5-9-15)13-16(14)20-18(23)11-6-10-17(19)22/h14-16H,2-13H2,1H3,(H2,19,22)(H,20,23)/t14-,16-/m1/s1. The summed E-state index contributed by atoms with van der Waals surface area (Å²) in [6.45, 7) is 4.34. The second kappa shape index (κ2) is 9.26. The van der Waals surface area contributed by atoms with Gasteiger partial charge < -0.3 is 11.1 Å². The lowest BCUT2D eigenvalue weighted by Gasteiger charge is -2.31. The minimum absolute atomic E-state index is 0.0721. The van der Waals surface area contributed by atoms with Gasteiger partial charge in [-0.25, -0.2) is 0 Å². The zero-order valence-electron chi connectivity index (χ0n) is 14.6. The first-order chi connectivity index (χ1) is 11.1. The Balaban J connectivity index is 1.82. The van der Waals surface area contributed by atoms with E-state index in [4.69, 9.17) is 5.73 Å². The van der Waals surface area contributed by atoms with Crippen LogP contribution in [0.15, 0.2) is 0 Å². The second-order valence-corrected chi connectivity index (χ2v) is 7.29. The fourth-order valence-electron chi connectivity index (χ4n) is 4.18. The predicted octanol–water partition coefficient (Wildman–Crippen LogP) is 2.19. The lowest BCUT2D eigenvalue weighted by molar-refractivity contribution is -0.122. The number of nitrogens with two attached hydrogens (primary N) is 1. The molecule has 3 N–H and O–H groups in total. The van der Waals surface area contributed by atoms with Crippen molar-refractivity contribution >= 4 is 11.8 Å². The van der Waals surface area contributed by atoms with Crippen molar-refractivity contribution in [2.24, 2.45) is 11.7 Å². The zero-order chi connectivity index (χ0) is 16.7. The van der Waals surface area contributed by atoms with Crippen LogP contribution < -0.4 is 11.1 Å². The highest BCUT2D eigenvalue weighted by Gasteiger charge is 2.36. The van der Waals surface area contributed by atoms with Gasteiger partial charge in [0.25, 0.3) is 0 Å². The van der Waals surface area contributed by atoms with E-state index in [1.54, 1.807) is 0 Å². The Bertz CT molecular complexity index is 394. The lowest BCUT2D eigenvalue weighted by Crippen LogP contribution is -2.42. The van der Waals surface area contributed by atoms with Crippen LogP contribution in [0.1, 0.15) is 71.1 Å². The maximum Gasteiger partial charge on any atom is 0.220 e. The maximum absolute atomic E-state index is 12.1. The molecule has 1 aliphatic heterocycles.